The van der Waals surface area contributed by atoms with Crippen molar-refractivity contribution in [1.29, 1.82) is 0 Å². The molecular formula is C41H47NO22. The molecule has 4 heterocycles. The van der Waals surface area contributed by atoms with Gasteiger partial charge in [0, 0.05) is 40.8 Å². The second kappa shape index (κ2) is 19.8. The highest BCUT2D eigenvalue weighted by Crippen LogP contribution is 2.42. The summed E-state index contributed by atoms with van der Waals surface area (Å²) < 4.78 is 39.4. The molecule has 64 heavy (non-hydrogen) atoms. The van der Waals surface area contributed by atoms with Gasteiger partial charge in [0.25, 0.3) is 5.91 Å². The van der Waals surface area contributed by atoms with Crippen LogP contribution in [0.15, 0.2) is 63.8 Å². The van der Waals surface area contributed by atoms with Crippen LogP contribution in [0.5, 0.6) is 5.75 Å². The molecule has 3 fully saturated rings. The Bertz CT molecular complexity index is 2300. The van der Waals surface area contributed by atoms with Crippen molar-refractivity contribution < 1.29 is 104 Å². The Morgan fingerprint density at radius 3 is 1.94 bits per heavy atom. The second-order valence-electron chi connectivity index (χ2n) is 15.3. The maximum absolute atomic E-state index is 13.3. The van der Waals surface area contributed by atoms with Crippen LogP contribution in [0.3, 0.4) is 0 Å². The minimum atomic E-state index is -1.97. The molecule has 0 aromatic heterocycles. The van der Waals surface area contributed by atoms with E-state index in [9.17, 15) is 75.7 Å². The number of rotatable bonds is 14. The van der Waals surface area contributed by atoms with E-state index >= 15 is 0 Å². The van der Waals surface area contributed by atoms with Crippen molar-refractivity contribution in [2.75, 3.05) is 33.0 Å². The van der Waals surface area contributed by atoms with Gasteiger partial charge in [-0.3, -0.25) is 9.59 Å². The Morgan fingerprint density at radius 1 is 0.641 bits per heavy atom. The SMILES string of the molecule is O=C(NCCO[C@@H]1O[C@H](CO)[C@@H](O[C@@H]2O[C@H](CO)[C@H](O)[C@H](O)[C@H]2O[C@H]2O[C@H](CO)[C@H](O)[C@H](O)[C@H]2O)[C@H](O)[C@H]1O)c1ccc(-c2c3ccc(=O)cc-3oc3cc(O)ccc23)c(C(=O)O)c1. The first-order chi connectivity index (χ1) is 30.6. The number of carbonyl (C=O) groups is 2. The summed E-state index contributed by atoms with van der Waals surface area (Å²) in [5.41, 5.74) is 0.401. The van der Waals surface area contributed by atoms with Crippen molar-refractivity contribution in [3.8, 4) is 28.2 Å². The topological polar surface area (TPSA) is 375 Å². The van der Waals surface area contributed by atoms with Gasteiger partial charge >= 0.3 is 5.97 Å². The van der Waals surface area contributed by atoms with Crippen LogP contribution in [-0.2, 0) is 28.4 Å². The average Bonchev–Trinajstić information content (AvgIpc) is 3.28. The van der Waals surface area contributed by atoms with E-state index < -0.39 is 124 Å². The number of ether oxygens (including phenoxy) is 6. The number of carbonyl (C=O) groups excluding carboxylic acids is 1. The number of nitrogens with one attached hydrogen (secondary N) is 1. The minimum Gasteiger partial charge on any atom is -0.508 e. The molecule has 1 amide bonds. The molecule has 4 aliphatic heterocycles. The third kappa shape index (κ3) is 9.33. The monoisotopic (exact) mass is 905 g/mol. The number of aliphatic hydroxyl groups excluding tert-OH is 10. The normalized spacial score (nSPS) is 33.3. The highest BCUT2D eigenvalue weighted by Gasteiger charge is 2.54. The molecule has 2 aromatic rings. The number of carboxylic acid groups (broad SMARTS) is 1. The van der Waals surface area contributed by atoms with Crippen LogP contribution in [0, 0.1) is 0 Å². The van der Waals surface area contributed by atoms with Crippen LogP contribution in [-0.4, -0.2) is 198 Å². The van der Waals surface area contributed by atoms with E-state index in [0.717, 1.165) is 6.07 Å². The lowest BCUT2D eigenvalue weighted by atomic mass is 9.90. The maximum atomic E-state index is 13.3. The molecule has 348 valence electrons. The van der Waals surface area contributed by atoms with Crippen molar-refractivity contribution >= 4 is 22.8 Å². The Morgan fingerprint density at radius 2 is 1.25 bits per heavy atom. The van der Waals surface area contributed by atoms with Crippen LogP contribution in [0.25, 0.3) is 33.4 Å². The summed E-state index contributed by atoms with van der Waals surface area (Å²) in [5, 5.41) is 127. The van der Waals surface area contributed by atoms with Gasteiger partial charge in [-0.25, -0.2) is 4.79 Å². The molecule has 0 unspecified atom stereocenters. The van der Waals surface area contributed by atoms with Gasteiger partial charge in [-0.1, -0.05) is 6.07 Å². The Hall–Kier alpha value is -4.77. The highest BCUT2D eigenvalue weighted by atomic mass is 16.8. The first-order valence-electron chi connectivity index (χ1n) is 19.9. The number of aliphatic hydroxyl groups is 10. The fraction of sp³-hybridized carbons (Fsp3) is 0.488. The van der Waals surface area contributed by atoms with Crippen LogP contribution in [0.4, 0.5) is 0 Å². The lowest BCUT2D eigenvalue weighted by Crippen LogP contribution is -2.67. The van der Waals surface area contributed by atoms with Gasteiger partial charge in [-0.15, -0.1) is 0 Å². The first kappa shape index (κ1) is 47.2. The standard InChI is InChI=1S/C41H47NO22/c43-12-24-28(48)30(50)33(53)40(60-24)64-36-31(51)29(49)25(13-44)61-41(36)63-35-26(14-45)62-39(34(54)32(35)52)58-8-7-42-37(55)15-1-4-18(21(9-15)38(56)57)27-19-5-2-16(46)10-22(19)59-23-11-17(47)3-6-20(23)27/h1-6,9-11,24-26,28-36,39-41,43-46,48-54H,7-8,12-14H2,(H,42,55)(H,56,57)/t24-,25-,26-,28+,29+,30+,31+,32-,33-,34-,35-,36-,39-,40-,41+/m1/s1. The van der Waals surface area contributed by atoms with Crippen LogP contribution in [0.1, 0.15) is 20.7 Å². The summed E-state index contributed by atoms with van der Waals surface area (Å²) in [7, 11) is 0. The lowest BCUT2D eigenvalue weighted by Gasteiger charge is -2.48. The molecular weight excluding hydrogens is 858 g/mol. The zero-order valence-corrected chi connectivity index (χ0v) is 33.3. The predicted octanol–water partition coefficient (Wildman–Crippen LogP) is -3.84. The van der Waals surface area contributed by atoms with Crippen molar-refractivity contribution in [3.63, 3.8) is 0 Å². The van der Waals surface area contributed by atoms with E-state index in [1.165, 1.54) is 48.5 Å². The van der Waals surface area contributed by atoms with E-state index in [0.29, 0.717) is 16.5 Å². The predicted molar refractivity (Wildman–Crippen MR) is 210 cm³/mol. The number of aromatic carboxylic acids is 1. The number of fused-ring (bicyclic) bond motifs is 2. The van der Waals surface area contributed by atoms with E-state index in [2.05, 4.69) is 5.32 Å². The minimum absolute atomic E-state index is 0.0700. The zero-order valence-electron chi connectivity index (χ0n) is 33.3. The van der Waals surface area contributed by atoms with Gasteiger partial charge in [0.2, 0.25) is 0 Å². The van der Waals surface area contributed by atoms with Gasteiger partial charge in [0.1, 0.15) is 90.3 Å². The molecule has 23 nitrogen and oxygen atoms in total. The molecule has 1 aliphatic carbocycles. The number of phenolic OH excluding ortho intramolecular Hbond substituents is 1. The van der Waals surface area contributed by atoms with Gasteiger partial charge in [0.15, 0.2) is 24.3 Å². The molecule has 15 atom stereocenters. The third-order valence-electron chi connectivity index (χ3n) is 11.2. The number of aromatic hydroxyl groups is 1. The Kier molecular flexibility index (Phi) is 14.6. The lowest BCUT2D eigenvalue weighted by molar-refractivity contribution is -0.388. The number of phenols is 1. The summed E-state index contributed by atoms with van der Waals surface area (Å²) in [6.45, 7) is -3.18. The number of hydrogen-bond acceptors (Lipinski definition) is 21. The number of hydrogen-bond donors (Lipinski definition) is 13. The van der Waals surface area contributed by atoms with Crippen molar-refractivity contribution in [2.45, 2.75) is 92.1 Å². The van der Waals surface area contributed by atoms with Crippen LogP contribution in [0.2, 0.25) is 0 Å². The smallest absolute Gasteiger partial charge is 0.336 e. The molecule has 13 N–H and O–H groups in total. The molecule has 0 bridgehead atoms. The van der Waals surface area contributed by atoms with Gasteiger partial charge in [-0.05, 0) is 42.0 Å². The summed E-state index contributed by atoms with van der Waals surface area (Å²) in [5.74, 6) is -2.11. The average molecular weight is 906 g/mol. The fourth-order valence-electron chi connectivity index (χ4n) is 7.83. The largest absolute Gasteiger partial charge is 0.508 e. The second-order valence-corrected chi connectivity index (χ2v) is 15.3. The summed E-state index contributed by atoms with van der Waals surface area (Å²) in [6, 6.07) is 12.2. The van der Waals surface area contributed by atoms with Gasteiger partial charge in [-0.2, -0.15) is 0 Å². The molecule has 7 rings (SSSR count). The van der Waals surface area contributed by atoms with Crippen molar-refractivity contribution in [3.05, 3.63) is 75.9 Å². The van der Waals surface area contributed by atoms with Crippen molar-refractivity contribution in [1.82, 2.24) is 5.32 Å². The van der Waals surface area contributed by atoms with Gasteiger partial charge in [0.05, 0.1) is 32.0 Å². The fourth-order valence-corrected chi connectivity index (χ4v) is 7.83. The molecule has 0 saturated carbocycles. The summed E-state index contributed by atoms with van der Waals surface area (Å²) in [6.07, 6.45) is -26.7. The molecule has 0 radical (unpaired) electrons. The quantitative estimate of drug-likeness (QED) is 0.0426. The van der Waals surface area contributed by atoms with E-state index in [-0.39, 0.29) is 52.4 Å². The molecule has 23 heteroatoms. The maximum Gasteiger partial charge on any atom is 0.336 e. The van der Waals surface area contributed by atoms with Crippen molar-refractivity contribution in [2.24, 2.45) is 0 Å². The summed E-state index contributed by atoms with van der Waals surface area (Å²) in [4.78, 5) is 38.0. The first-order valence-corrected chi connectivity index (χ1v) is 19.9. The number of carboxylic acids is 1. The molecule has 3 saturated heterocycles. The van der Waals surface area contributed by atoms with E-state index in [4.69, 9.17) is 32.8 Å². The zero-order chi connectivity index (χ0) is 46.1. The highest BCUT2D eigenvalue weighted by molar-refractivity contribution is 6.09. The Balaban J connectivity index is 1.01. The van der Waals surface area contributed by atoms with E-state index in [1.807, 2.05) is 0 Å². The van der Waals surface area contributed by atoms with Crippen LogP contribution >= 0.6 is 0 Å². The Labute approximate surface area is 360 Å². The van der Waals surface area contributed by atoms with Gasteiger partial charge < -0.3 is 99.4 Å². The van der Waals surface area contributed by atoms with Crippen LogP contribution < -0.4 is 10.7 Å². The molecule has 2 aromatic carbocycles. The summed E-state index contributed by atoms with van der Waals surface area (Å²) >= 11 is 0. The molecule has 5 aliphatic rings. The third-order valence-corrected chi connectivity index (χ3v) is 11.2. The van der Waals surface area contributed by atoms with E-state index in [1.54, 1.807) is 0 Å². The number of amides is 1. The molecule has 0 spiro atoms. The number of benzene rings is 3.